The summed E-state index contributed by atoms with van der Waals surface area (Å²) in [6, 6.07) is 6.81. The molecule has 6 nitrogen and oxygen atoms in total. The highest BCUT2D eigenvalue weighted by molar-refractivity contribution is 7.90. The Bertz CT molecular complexity index is 575. The van der Waals surface area contributed by atoms with Gasteiger partial charge in [-0.2, -0.15) is 0 Å². The molecule has 0 spiro atoms. The van der Waals surface area contributed by atoms with Crippen LogP contribution < -0.4 is 16.6 Å². The predicted molar refractivity (Wildman–Crippen MR) is 80.2 cm³/mol. The van der Waals surface area contributed by atoms with Gasteiger partial charge >= 0.3 is 0 Å². The van der Waals surface area contributed by atoms with Gasteiger partial charge in [0.1, 0.15) is 0 Å². The molecule has 0 aromatic heterocycles. The van der Waals surface area contributed by atoms with Crippen molar-refractivity contribution in [2.24, 2.45) is 10.8 Å². The highest BCUT2D eigenvalue weighted by atomic mass is 32.2. The van der Waals surface area contributed by atoms with Crippen LogP contribution in [-0.2, 0) is 9.84 Å². The van der Waals surface area contributed by atoms with E-state index < -0.39 is 9.84 Å². The number of anilines is 1. The summed E-state index contributed by atoms with van der Waals surface area (Å²) in [6.07, 6.45) is 5.76. The van der Waals surface area contributed by atoms with Crippen LogP contribution in [0.15, 0.2) is 34.2 Å². The SMILES string of the molecule is CS(=O)(=O)c1ccc(NC(=NC2CCCC2)NN)cc1. The maximum atomic E-state index is 11.4. The lowest BCUT2D eigenvalue weighted by molar-refractivity contribution is 0.602. The standard InChI is InChI=1S/C13H20N4O2S/c1-20(18,19)12-8-6-11(7-9-12)16-13(17-14)15-10-4-2-3-5-10/h6-10H,2-5,14H2,1H3,(H2,15,16,17). The number of nitrogens with one attached hydrogen (secondary N) is 2. The van der Waals surface area contributed by atoms with E-state index in [-0.39, 0.29) is 4.90 Å². The van der Waals surface area contributed by atoms with Crippen molar-refractivity contribution >= 4 is 21.5 Å². The van der Waals surface area contributed by atoms with Crippen LogP contribution in [0.25, 0.3) is 0 Å². The number of benzene rings is 1. The molecule has 0 saturated heterocycles. The Kier molecular flexibility index (Phi) is 4.61. The van der Waals surface area contributed by atoms with E-state index in [1.54, 1.807) is 24.3 Å². The molecule has 1 aromatic carbocycles. The van der Waals surface area contributed by atoms with Gasteiger partial charge in [0.2, 0.25) is 5.96 Å². The average molecular weight is 296 g/mol. The molecular formula is C13H20N4O2S. The van der Waals surface area contributed by atoms with E-state index in [1.807, 2.05) is 0 Å². The van der Waals surface area contributed by atoms with E-state index >= 15 is 0 Å². The first kappa shape index (κ1) is 14.8. The number of aliphatic imine (C=N–C) groups is 1. The van der Waals surface area contributed by atoms with Gasteiger partial charge in [-0.25, -0.2) is 19.3 Å². The zero-order valence-corrected chi connectivity index (χ0v) is 12.3. The minimum atomic E-state index is -3.17. The molecule has 20 heavy (non-hydrogen) atoms. The number of guanidine groups is 1. The number of nitrogens with two attached hydrogens (primary N) is 1. The Morgan fingerprint density at radius 2 is 1.85 bits per heavy atom. The smallest absolute Gasteiger partial charge is 0.210 e. The second-order valence-corrected chi connectivity index (χ2v) is 7.00. The molecule has 0 heterocycles. The van der Waals surface area contributed by atoms with Gasteiger partial charge < -0.3 is 5.32 Å². The second kappa shape index (κ2) is 6.23. The second-order valence-electron chi connectivity index (χ2n) is 4.98. The summed E-state index contributed by atoms with van der Waals surface area (Å²) < 4.78 is 22.8. The van der Waals surface area contributed by atoms with Crippen LogP contribution in [0, 0.1) is 0 Å². The summed E-state index contributed by atoms with van der Waals surface area (Å²) in [5, 5.41) is 3.05. The molecule has 4 N–H and O–H groups in total. The number of sulfone groups is 1. The summed E-state index contributed by atoms with van der Waals surface area (Å²) in [6.45, 7) is 0. The van der Waals surface area contributed by atoms with Gasteiger partial charge in [0.15, 0.2) is 9.84 Å². The molecule has 1 aliphatic rings. The van der Waals surface area contributed by atoms with E-state index in [1.165, 1.54) is 19.1 Å². The molecule has 1 fully saturated rings. The van der Waals surface area contributed by atoms with Crippen LogP contribution in [0.5, 0.6) is 0 Å². The maximum Gasteiger partial charge on any atom is 0.210 e. The Balaban J connectivity index is 2.07. The summed E-state index contributed by atoms with van der Waals surface area (Å²) in [4.78, 5) is 4.80. The van der Waals surface area contributed by atoms with Gasteiger partial charge in [-0.1, -0.05) is 12.8 Å². The van der Waals surface area contributed by atoms with Gasteiger partial charge in [0.05, 0.1) is 10.9 Å². The Morgan fingerprint density at radius 3 is 2.35 bits per heavy atom. The zero-order valence-electron chi connectivity index (χ0n) is 11.5. The van der Waals surface area contributed by atoms with Crippen molar-refractivity contribution in [2.75, 3.05) is 11.6 Å². The van der Waals surface area contributed by atoms with Crippen molar-refractivity contribution in [2.45, 2.75) is 36.6 Å². The molecule has 0 radical (unpaired) electrons. The summed E-state index contributed by atoms with van der Waals surface area (Å²) in [5.74, 6) is 5.96. The third-order valence-electron chi connectivity index (χ3n) is 3.32. The normalized spacial score (nSPS) is 17.2. The molecule has 0 bridgehead atoms. The Labute approximate surface area is 119 Å². The fraction of sp³-hybridized carbons (Fsp3) is 0.462. The fourth-order valence-corrected chi connectivity index (χ4v) is 2.87. The molecule has 1 aliphatic carbocycles. The van der Waals surface area contributed by atoms with E-state index in [0.29, 0.717) is 12.0 Å². The lowest BCUT2D eigenvalue weighted by atomic mass is 10.3. The molecule has 1 saturated carbocycles. The molecule has 0 aliphatic heterocycles. The van der Waals surface area contributed by atoms with Crippen LogP contribution >= 0.6 is 0 Å². The van der Waals surface area contributed by atoms with Crippen molar-refractivity contribution in [1.82, 2.24) is 5.43 Å². The first-order valence-corrected chi connectivity index (χ1v) is 8.50. The number of hydrazine groups is 1. The monoisotopic (exact) mass is 296 g/mol. The molecule has 7 heteroatoms. The summed E-state index contributed by atoms with van der Waals surface area (Å²) >= 11 is 0. The predicted octanol–water partition coefficient (Wildman–Crippen LogP) is 1.26. The first-order valence-electron chi connectivity index (χ1n) is 6.60. The van der Waals surface area contributed by atoms with Crippen molar-refractivity contribution in [3.63, 3.8) is 0 Å². The third-order valence-corrected chi connectivity index (χ3v) is 4.45. The first-order chi connectivity index (χ1) is 9.49. The number of nitrogens with zero attached hydrogens (tertiary/aromatic N) is 1. The van der Waals surface area contributed by atoms with Crippen molar-refractivity contribution < 1.29 is 8.42 Å². The maximum absolute atomic E-state index is 11.4. The van der Waals surface area contributed by atoms with E-state index in [2.05, 4.69) is 15.7 Å². The topological polar surface area (TPSA) is 96.6 Å². The molecule has 0 amide bonds. The van der Waals surface area contributed by atoms with Gasteiger partial charge in [0.25, 0.3) is 0 Å². The van der Waals surface area contributed by atoms with E-state index in [9.17, 15) is 8.42 Å². The molecule has 2 rings (SSSR count). The Hall–Kier alpha value is -1.60. The van der Waals surface area contributed by atoms with Crippen LogP contribution in [0.4, 0.5) is 5.69 Å². The van der Waals surface area contributed by atoms with Crippen LogP contribution in [0.3, 0.4) is 0 Å². The number of hydrogen-bond acceptors (Lipinski definition) is 4. The lowest BCUT2D eigenvalue weighted by Gasteiger charge is -2.12. The van der Waals surface area contributed by atoms with Crippen molar-refractivity contribution in [3.8, 4) is 0 Å². The van der Waals surface area contributed by atoms with Gasteiger partial charge in [-0.15, -0.1) is 0 Å². The largest absolute Gasteiger partial charge is 0.325 e. The lowest BCUT2D eigenvalue weighted by Crippen LogP contribution is -2.37. The Morgan fingerprint density at radius 1 is 1.25 bits per heavy atom. The van der Waals surface area contributed by atoms with Crippen molar-refractivity contribution in [3.05, 3.63) is 24.3 Å². The fourth-order valence-electron chi connectivity index (χ4n) is 2.24. The van der Waals surface area contributed by atoms with Gasteiger partial charge in [-0.3, -0.25) is 5.43 Å². The third kappa shape index (κ3) is 3.94. The quantitative estimate of drug-likeness (QED) is 0.338. The molecular weight excluding hydrogens is 276 g/mol. The highest BCUT2D eigenvalue weighted by Crippen LogP contribution is 2.21. The van der Waals surface area contributed by atoms with Crippen LogP contribution in [-0.4, -0.2) is 26.7 Å². The minimum Gasteiger partial charge on any atom is -0.325 e. The van der Waals surface area contributed by atoms with Gasteiger partial charge in [0, 0.05) is 11.9 Å². The van der Waals surface area contributed by atoms with Crippen LogP contribution in [0.1, 0.15) is 25.7 Å². The highest BCUT2D eigenvalue weighted by Gasteiger charge is 2.14. The summed E-state index contributed by atoms with van der Waals surface area (Å²) in [5.41, 5.74) is 3.29. The van der Waals surface area contributed by atoms with E-state index in [4.69, 9.17) is 5.84 Å². The zero-order chi connectivity index (χ0) is 14.6. The van der Waals surface area contributed by atoms with Crippen molar-refractivity contribution in [1.29, 1.82) is 0 Å². The van der Waals surface area contributed by atoms with Crippen LogP contribution in [0.2, 0.25) is 0 Å². The van der Waals surface area contributed by atoms with Gasteiger partial charge in [-0.05, 0) is 37.1 Å². The molecule has 0 atom stereocenters. The number of hydrogen-bond donors (Lipinski definition) is 3. The average Bonchev–Trinajstić information content (AvgIpc) is 2.90. The molecule has 110 valence electrons. The van der Waals surface area contributed by atoms with E-state index in [0.717, 1.165) is 18.5 Å². The molecule has 0 unspecified atom stereocenters. The number of rotatable bonds is 3. The molecule has 1 aromatic rings. The summed E-state index contributed by atoms with van der Waals surface area (Å²) in [7, 11) is -3.17. The minimum absolute atomic E-state index is 0.290.